The molecular weight excluding hydrogens is 352 g/mol. The summed E-state index contributed by atoms with van der Waals surface area (Å²) in [6.07, 6.45) is 1.75. The number of hydrogen-bond acceptors (Lipinski definition) is 4. The number of hydrogen-bond donors (Lipinski definition) is 1. The summed E-state index contributed by atoms with van der Waals surface area (Å²) in [5, 5.41) is 11.0. The lowest BCUT2D eigenvalue weighted by atomic mass is 10.1. The molecule has 2 aromatic rings. The molecule has 0 aliphatic carbocycles. The largest absolute Gasteiger partial charge is 0.505 e. The van der Waals surface area contributed by atoms with Crippen molar-refractivity contribution in [2.45, 2.75) is 20.8 Å². The highest BCUT2D eigenvalue weighted by molar-refractivity contribution is 6.32. The van der Waals surface area contributed by atoms with E-state index in [-0.39, 0.29) is 11.3 Å². The van der Waals surface area contributed by atoms with Crippen LogP contribution in [-0.2, 0) is 9.53 Å². The minimum absolute atomic E-state index is 0.0960. The molecule has 0 unspecified atom stereocenters. The van der Waals surface area contributed by atoms with Gasteiger partial charge in [0.2, 0.25) is 0 Å². The van der Waals surface area contributed by atoms with Crippen molar-refractivity contribution in [3.05, 3.63) is 69.3 Å². The van der Waals surface area contributed by atoms with Gasteiger partial charge in [0.05, 0.1) is 23.5 Å². The Kier molecular flexibility index (Phi) is 4.74. The number of aliphatic imine (C=N–C) groups is 1. The highest BCUT2D eigenvalue weighted by Crippen LogP contribution is 2.30. The van der Waals surface area contributed by atoms with E-state index in [1.54, 1.807) is 13.0 Å². The van der Waals surface area contributed by atoms with E-state index >= 15 is 0 Å². The molecule has 0 fully saturated rings. The van der Waals surface area contributed by atoms with Crippen LogP contribution in [0.25, 0.3) is 11.8 Å². The standard InChI is InChI=1S/C20H19ClN2O3/c1-11-9-14(13(3)23(11)17-8-6-5-7-15(17)21)10-16-19(24)18(12(2)22-16)20(25)26-4/h5-10,24H,1-4H3. The average molecular weight is 371 g/mol. The molecular formula is C20H19ClN2O3. The first-order chi connectivity index (χ1) is 12.3. The quantitative estimate of drug-likeness (QED) is 0.806. The van der Waals surface area contributed by atoms with Crippen LogP contribution >= 0.6 is 11.6 Å². The molecule has 0 amide bonds. The van der Waals surface area contributed by atoms with Gasteiger partial charge in [-0.1, -0.05) is 23.7 Å². The van der Waals surface area contributed by atoms with Crippen molar-refractivity contribution in [1.82, 2.24) is 4.57 Å². The van der Waals surface area contributed by atoms with Crippen molar-refractivity contribution in [1.29, 1.82) is 0 Å². The zero-order valence-corrected chi connectivity index (χ0v) is 15.8. The fraction of sp³-hybridized carbons (Fsp3) is 0.200. The predicted octanol–water partition coefficient (Wildman–Crippen LogP) is 4.55. The molecule has 0 spiro atoms. The molecule has 0 atom stereocenters. The number of aromatic nitrogens is 1. The number of aliphatic hydroxyl groups excluding tert-OH is 1. The summed E-state index contributed by atoms with van der Waals surface area (Å²) in [4.78, 5) is 16.1. The van der Waals surface area contributed by atoms with Crippen molar-refractivity contribution in [2.24, 2.45) is 4.99 Å². The predicted molar refractivity (Wildman–Crippen MR) is 103 cm³/mol. The summed E-state index contributed by atoms with van der Waals surface area (Å²) in [7, 11) is 1.27. The third kappa shape index (κ3) is 2.95. The molecule has 0 radical (unpaired) electrons. The molecule has 1 N–H and O–H groups in total. The van der Waals surface area contributed by atoms with Crippen molar-refractivity contribution < 1.29 is 14.6 Å². The topological polar surface area (TPSA) is 63.8 Å². The number of ether oxygens (including phenoxy) is 1. The molecule has 1 aliphatic rings. The lowest BCUT2D eigenvalue weighted by Gasteiger charge is -2.11. The lowest BCUT2D eigenvalue weighted by molar-refractivity contribution is -0.135. The summed E-state index contributed by atoms with van der Waals surface area (Å²) in [6.45, 7) is 5.61. The molecule has 2 heterocycles. The molecule has 134 valence electrons. The van der Waals surface area contributed by atoms with Gasteiger partial charge in [0, 0.05) is 11.4 Å². The van der Waals surface area contributed by atoms with Gasteiger partial charge in [-0.2, -0.15) is 0 Å². The Morgan fingerprint density at radius 2 is 1.96 bits per heavy atom. The van der Waals surface area contributed by atoms with Gasteiger partial charge in [0.15, 0.2) is 5.76 Å². The summed E-state index contributed by atoms with van der Waals surface area (Å²) in [5.74, 6) is -0.773. The Bertz CT molecular complexity index is 996. The van der Waals surface area contributed by atoms with Crippen LogP contribution in [0.5, 0.6) is 0 Å². The SMILES string of the molecule is COC(=O)C1=C(O)C(=Cc2cc(C)n(-c3ccccc3Cl)c2C)N=C1C. The number of benzene rings is 1. The molecule has 6 heteroatoms. The Balaban J connectivity index is 2.10. The molecule has 0 bridgehead atoms. The van der Waals surface area contributed by atoms with Crippen molar-refractivity contribution >= 4 is 29.4 Å². The number of rotatable bonds is 3. The number of esters is 1. The first kappa shape index (κ1) is 18.0. The molecule has 1 aliphatic heterocycles. The van der Waals surface area contributed by atoms with E-state index in [1.165, 1.54) is 7.11 Å². The molecule has 1 aromatic carbocycles. The van der Waals surface area contributed by atoms with E-state index in [0.717, 1.165) is 22.6 Å². The zero-order chi connectivity index (χ0) is 19.0. The van der Waals surface area contributed by atoms with Gasteiger partial charge >= 0.3 is 5.97 Å². The average Bonchev–Trinajstić information content (AvgIpc) is 3.04. The second kappa shape index (κ2) is 6.84. The van der Waals surface area contributed by atoms with Gasteiger partial charge in [0.25, 0.3) is 0 Å². The van der Waals surface area contributed by atoms with Gasteiger partial charge in [-0.15, -0.1) is 0 Å². The Labute approximate surface area is 156 Å². The molecule has 3 rings (SSSR count). The highest BCUT2D eigenvalue weighted by Gasteiger charge is 2.27. The molecule has 1 aromatic heterocycles. The smallest absolute Gasteiger partial charge is 0.343 e. The maximum absolute atomic E-state index is 11.8. The highest BCUT2D eigenvalue weighted by atomic mass is 35.5. The summed E-state index contributed by atoms with van der Waals surface area (Å²) >= 11 is 6.34. The Morgan fingerprint density at radius 3 is 2.62 bits per heavy atom. The van der Waals surface area contributed by atoms with Crippen molar-refractivity contribution in [3.63, 3.8) is 0 Å². The Morgan fingerprint density at radius 1 is 1.27 bits per heavy atom. The second-order valence-electron chi connectivity index (χ2n) is 6.06. The Hall–Kier alpha value is -2.79. The van der Waals surface area contributed by atoms with E-state index in [9.17, 15) is 9.90 Å². The van der Waals surface area contributed by atoms with Crippen LogP contribution in [0.15, 0.2) is 52.4 Å². The van der Waals surface area contributed by atoms with E-state index in [2.05, 4.69) is 4.99 Å². The number of carbonyl (C=O) groups is 1. The first-order valence-corrected chi connectivity index (χ1v) is 8.46. The third-order valence-electron chi connectivity index (χ3n) is 4.37. The molecule has 0 saturated heterocycles. The summed E-state index contributed by atoms with van der Waals surface area (Å²) in [6, 6.07) is 9.59. The number of aliphatic hydroxyl groups is 1. The molecule has 0 saturated carbocycles. The fourth-order valence-corrected chi connectivity index (χ4v) is 3.34. The number of carbonyl (C=O) groups excluding carboxylic acids is 1. The molecule has 5 nitrogen and oxygen atoms in total. The third-order valence-corrected chi connectivity index (χ3v) is 4.69. The van der Waals surface area contributed by atoms with Crippen LogP contribution in [0.4, 0.5) is 0 Å². The number of nitrogens with zero attached hydrogens (tertiary/aromatic N) is 2. The maximum atomic E-state index is 11.8. The van der Waals surface area contributed by atoms with Crippen LogP contribution in [-0.4, -0.2) is 28.5 Å². The minimum atomic E-state index is -0.603. The van der Waals surface area contributed by atoms with Crippen LogP contribution < -0.4 is 0 Å². The maximum Gasteiger partial charge on any atom is 0.343 e. The van der Waals surface area contributed by atoms with Crippen LogP contribution in [0.1, 0.15) is 23.9 Å². The van der Waals surface area contributed by atoms with Gasteiger partial charge in [-0.05, 0) is 50.6 Å². The van der Waals surface area contributed by atoms with Gasteiger partial charge in [-0.3, -0.25) is 0 Å². The van der Waals surface area contributed by atoms with E-state index < -0.39 is 5.97 Å². The summed E-state index contributed by atoms with van der Waals surface area (Å²) in [5.41, 5.74) is 4.58. The number of halogens is 1. The van der Waals surface area contributed by atoms with E-state index in [1.807, 2.05) is 48.7 Å². The minimum Gasteiger partial charge on any atom is -0.505 e. The monoisotopic (exact) mass is 370 g/mol. The normalized spacial score (nSPS) is 15.6. The van der Waals surface area contributed by atoms with Crippen LogP contribution in [0, 0.1) is 13.8 Å². The van der Waals surface area contributed by atoms with E-state index in [4.69, 9.17) is 16.3 Å². The zero-order valence-electron chi connectivity index (χ0n) is 15.0. The van der Waals surface area contributed by atoms with E-state index in [0.29, 0.717) is 16.4 Å². The lowest BCUT2D eigenvalue weighted by Crippen LogP contribution is -2.11. The molecule has 26 heavy (non-hydrogen) atoms. The second-order valence-corrected chi connectivity index (χ2v) is 6.46. The van der Waals surface area contributed by atoms with Crippen molar-refractivity contribution in [3.8, 4) is 5.69 Å². The number of para-hydroxylation sites is 1. The van der Waals surface area contributed by atoms with Crippen LogP contribution in [0.2, 0.25) is 5.02 Å². The van der Waals surface area contributed by atoms with Gasteiger partial charge in [-0.25, -0.2) is 9.79 Å². The van der Waals surface area contributed by atoms with Crippen LogP contribution in [0.3, 0.4) is 0 Å². The van der Waals surface area contributed by atoms with Gasteiger partial charge < -0.3 is 14.4 Å². The number of aryl methyl sites for hydroxylation is 1. The number of methoxy groups -OCH3 is 1. The van der Waals surface area contributed by atoms with Crippen molar-refractivity contribution in [2.75, 3.05) is 7.11 Å². The van der Waals surface area contributed by atoms with Gasteiger partial charge in [0.1, 0.15) is 11.3 Å². The first-order valence-electron chi connectivity index (χ1n) is 8.08. The summed E-state index contributed by atoms with van der Waals surface area (Å²) < 4.78 is 6.75. The fourth-order valence-electron chi connectivity index (χ4n) is 3.12.